The number of aromatic carboxylic acids is 1. The van der Waals surface area contributed by atoms with Crippen LogP contribution >= 0.6 is 0 Å². The van der Waals surface area contributed by atoms with E-state index in [1.54, 1.807) is 26.0 Å². The van der Waals surface area contributed by atoms with Gasteiger partial charge in [-0.1, -0.05) is 6.07 Å². The van der Waals surface area contributed by atoms with Crippen LogP contribution in [0.1, 0.15) is 21.6 Å². The summed E-state index contributed by atoms with van der Waals surface area (Å²) in [4.78, 5) is 22.7. The Bertz CT molecular complexity index is 637. The lowest BCUT2D eigenvalue weighted by molar-refractivity contribution is 0.0697. The van der Waals surface area contributed by atoms with Crippen molar-refractivity contribution in [1.29, 1.82) is 0 Å². The van der Waals surface area contributed by atoms with Gasteiger partial charge < -0.3 is 5.11 Å². The largest absolute Gasteiger partial charge is 0.478 e. The number of hydrogen-bond acceptors (Lipinski definition) is 2. The van der Waals surface area contributed by atoms with Gasteiger partial charge in [-0.2, -0.15) is 0 Å². The van der Waals surface area contributed by atoms with Crippen LogP contribution in [0.15, 0.2) is 29.1 Å². The fraction of sp³-hybridized carbons (Fsp3) is 0.167. The Labute approximate surface area is 97.3 Å². The molecule has 1 aromatic heterocycles. The molecule has 0 aliphatic carbocycles. The molecule has 0 atom stereocenters. The van der Waals surface area contributed by atoms with Crippen LogP contribution < -0.4 is 5.56 Å². The molecule has 17 heavy (non-hydrogen) atoms. The molecule has 0 fully saturated rings. The zero-order valence-corrected chi connectivity index (χ0v) is 9.52. The summed E-state index contributed by atoms with van der Waals surface area (Å²) in [5.74, 6) is -1.01. The smallest absolute Gasteiger partial charge is 0.335 e. The van der Waals surface area contributed by atoms with E-state index in [-0.39, 0.29) is 11.1 Å². The molecule has 1 heterocycles. The van der Waals surface area contributed by atoms with Crippen molar-refractivity contribution in [3.05, 3.63) is 51.4 Å². The van der Waals surface area contributed by atoms with Gasteiger partial charge in [-0.15, -0.1) is 0 Å². The number of carboxylic acids is 1. The zero-order chi connectivity index (χ0) is 12.6. The Kier molecular flexibility index (Phi) is 2.59. The molecule has 0 bridgehead atoms. The van der Waals surface area contributed by atoms with Gasteiger partial charge in [-0.05, 0) is 32.0 Å². The van der Waals surface area contributed by atoms with Crippen LogP contribution in [-0.4, -0.2) is 20.9 Å². The second-order valence-corrected chi connectivity index (χ2v) is 3.86. The third kappa shape index (κ3) is 1.87. The SMILES string of the molecule is Cc1[nH]n(-c2cccc(C(=O)O)c2)c(=O)c1C. The Hall–Kier alpha value is -2.30. The molecule has 0 amide bonds. The van der Waals surface area contributed by atoms with Crippen LogP contribution in [0.2, 0.25) is 0 Å². The van der Waals surface area contributed by atoms with Gasteiger partial charge in [0, 0.05) is 11.3 Å². The van der Waals surface area contributed by atoms with Crippen LogP contribution in [0, 0.1) is 13.8 Å². The number of nitrogens with zero attached hydrogens (tertiary/aromatic N) is 1. The van der Waals surface area contributed by atoms with Crippen molar-refractivity contribution in [2.24, 2.45) is 0 Å². The van der Waals surface area contributed by atoms with Crippen LogP contribution in [0.4, 0.5) is 0 Å². The lowest BCUT2D eigenvalue weighted by Crippen LogP contribution is -2.16. The molecule has 0 radical (unpaired) electrons. The third-order valence-electron chi connectivity index (χ3n) is 2.72. The normalized spacial score (nSPS) is 10.5. The summed E-state index contributed by atoms with van der Waals surface area (Å²) in [6, 6.07) is 6.23. The minimum absolute atomic E-state index is 0.152. The van der Waals surface area contributed by atoms with Gasteiger partial charge in [0.25, 0.3) is 5.56 Å². The Balaban J connectivity index is 2.61. The first-order chi connectivity index (χ1) is 8.00. The average molecular weight is 232 g/mol. The van der Waals surface area contributed by atoms with E-state index in [0.29, 0.717) is 11.3 Å². The van der Waals surface area contributed by atoms with Crippen molar-refractivity contribution in [3.8, 4) is 5.69 Å². The Morgan fingerprint density at radius 2 is 2.06 bits per heavy atom. The molecule has 5 nitrogen and oxygen atoms in total. The van der Waals surface area contributed by atoms with Crippen molar-refractivity contribution in [3.63, 3.8) is 0 Å². The summed E-state index contributed by atoms with van der Waals surface area (Å²) in [5, 5.41) is 11.8. The first kappa shape index (κ1) is 11.2. The van der Waals surface area contributed by atoms with Crippen LogP contribution in [0.3, 0.4) is 0 Å². The molecule has 0 aliphatic heterocycles. The van der Waals surface area contributed by atoms with Crippen molar-refractivity contribution >= 4 is 5.97 Å². The Morgan fingerprint density at radius 1 is 1.35 bits per heavy atom. The van der Waals surface area contributed by atoms with Gasteiger partial charge in [-0.3, -0.25) is 9.89 Å². The molecule has 1 aromatic carbocycles. The fourth-order valence-electron chi connectivity index (χ4n) is 1.59. The molecule has 0 saturated carbocycles. The first-order valence-electron chi connectivity index (χ1n) is 5.12. The number of carboxylic acid groups (broad SMARTS) is 1. The molecule has 88 valence electrons. The third-order valence-corrected chi connectivity index (χ3v) is 2.72. The summed E-state index contributed by atoms with van der Waals surface area (Å²) in [6.45, 7) is 3.53. The van der Waals surface area contributed by atoms with Gasteiger partial charge in [0.05, 0.1) is 11.3 Å². The number of aryl methyl sites for hydroxylation is 1. The van der Waals surface area contributed by atoms with Crippen molar-refractivity contribution in [2.75, 3.05) is 0 Å². The minimum Gasteiger partial charge on any atom is -0.478 e. The summed E-state index contributed by atoms with van der Waals surface area (Å²) >= 11 is 0. The van der Waals surface area contributed by atoms with Crippen LogP contribution in [0.5, 0.6) is 0 Å². The second kappa shape index (κ2) is 3.93. The number of carbonyl (C=O) groups is 1. The highest BCUT2D eigenvalue weighted by atomic mass is 16.4. The van der Waals surface area contributed by atoms with E-state index in [9.17, 15) is 9.59 Å². The standard InChI is InChI=1S/C12H12N2O3/c1-7-8(2)13-14(11(7)15)10-5-3-4-9(6-10)12(16)17/h3-6,13H,1-2H3,(H,16,17). The molecule has 2 N–H and O–H groups in total. The molecule has 0 saturated heterocycles. The number of hydrogen-bond donors (Lipinski definition) is 2. The average Bonchev–Trinajstić information content (AvgIpc) is 2.57. The van der Waals surface area contributed by atoms with E-state index >= 15 is 0 Å². The fourth-order valence-corrected chi connectivity index (χ4v) is 1.59. The van der Waals surface area contributed by atoms with E-state index in [4.69, 9.17) is 5.11 Å². The zero-order valence-electron chi connectivity index (χ0n) is 9.52. The van der Waals surface area contributed by atoms with E-state index in [1.165, 1.54) is 16.8 Å². The molecule has 2 aromatic rings. The Morgan fingerprint density at radius 3 is 2.59 bits per heavy atom. The molecular weight excluding hydrogens is 220 g/mol. The number of aromatic nitrogens is 2. The van der Waals surface area contributed by atoms with Gasteiger partial charge >= 0.3 is 5.97 Å². The molecule has 0 spiro atoms. The highest BCUT2D eigenvalue weighted by Gasteiger charge is 2.10. The van der Waals surface area contributed by atoms with Gasteiger partial charge in [0.1, 0.15) is 0 Å². The van der Waals surface area contributed by atoms with E-state index < -0.39 is 5.97 Å². The van der Waals surface area contributed by atoms with Crippen molar-refractivity contribution in [1.82, 2.24) is 9.78 Å². The van der Waals surface area contributed by atoms with Crippen LogP contribution in [0.25, 0.3) is 5.69 Å². The maximum absolute atomic E-state index is 11.9. The molecule has 0 aliphatic rings. The maximum Gasteiger partial charge on any atom is 0.335 e. The molecular formula is C12H12N2O3. The molecule has 5 heteroatoms. The number of benzene rings is 1. The lowest BCUT2D eigenvalue weighted by Gasteiger charge is -2.02. The number of rotatable bonds is 2. The first-order valence-corrected chi connectivity index (χ1v) is 5.12. The van der Waals surface area contributed by atoms with Gasteiger partial charge in [-0.25, -0.2) is 9.48 Å². The second-order valence-electron chi connectivity index (χ2n) is 3.86. The van der Waals surface area contributed by atoms with E-state index in [0.717, 1.165) is 5.69 Å². The van der Waals surface area contributed by atoms with Crippen molar-refractivity contribution in [2.45, 2.75) is 13.8 Å². The maximum atomic E-state index is 11.9. The molecule has 0 unspecified atom stereocenters. The van der Waals surface area contributed by atoms with Gasteiger partial charge in [0.15, 0.2) is 0 Å². The summed E-state index contributed by atoms with van der Waals surface area (Å²) < 4.78 is 1.34. The topological polar surface area (TPSA) is 75.1 Å². The minimum atomic E-state index is -1.01. The monoisotopic (exact) mass is 232 g/mol. The summed E-state index contributed by atoms with van der Waals surface area (Å²) in [6.07, 6.45) is 0. The van der Waals surface area contributed by atoms with Crippen LogP contribution in [-0.2, 0) is 0 Å². The van der Waals surface area contributed by atoms with Crippen molar-refractivity contribution < 1.29 is 9.90 Å². The summed E-state index contributed by atoms with van der Waals surface area (Å²) in [5.41, 5.74) is 1.91. The lowest BCUT2D eigenvalue weighted by atomic mass is 10.2. The quantitative estimate of drug-likeness (QED) is 0.823. The number of aromatic amines is 1. The predicted octanol–water partition coefficient (Wildman–Crippen LogP) is 1.48. The number of H-pyrrole nitrogens is 1. The van der Waals surface area contributed by atoms with E-state index in [1.807, 2.05) is 0 Å². The highest BCUT2D eigenvalue weighted by Crippen LogP contribution is 2.09. The van der Waals surface area contributed by atoms with Gasteiger partial charge in [0.2, 0.25) is 0 Å². The predicted molar refractivity (Wildman–Crippen MR) is 62.8 cm³/mol. The molecule has 2 rings (SSSR count). The van der Waals surface area contributed by atoms with E-state index in [2.05, 4.69) is 5.10 Å². The highest BCUT2D eigenvalue weighted by molar-refractivity contribution is 5.88. The number of nitrogens with one attached hydrogen (secondary N) is 1. The summed E-state index contributed by atoms with van der Waals surface area (Å²) in [7, 11) is 0.